The number of amides is 3. The van der Waals surface area contributed by atoms with Gasteiger partial charge in [-0.05, 0) is 61.5 Å². The monoisotopic (exact) mass is 443 g/mol. The van der Waals surface area contributed by atoms with Gasteiger partial charge in [-0.25, -0.2) is 0 Å². The van der Waals surface area contributed by atoms with Crippen LogP contribution in [0.4, 0.5) is 5.69 Å². The highest BCUT2D eigenvalue weighted by Gasteiger charge is 2.35. The number of nitrogens with one attached hydrogen (secondary N) is 1. The molecule has 0 unspecified atom stereocenters. The summed E-state index contributed by atoms with van der Waals surface area (Å²) in [7, 11) is 0. The van der Waals surface area contributed by atoms with E-state index in [1.807, 2.05) is 26.0 Å². The minimum atomic E-state index is -0.635. The van der Waals surface area contributed by atoms with Crippen LogP contribution in [0.25, 0.3) is 6.08 Å². The normalized spacial score (nSPS) is 15.4. The van der Waals surface area contributed by atoms with E-state index >= 15 is 0 Å². The smallest absolute Gasteiger partial charge is 0.270 e. The molecule has 154 valence electrons. The first-order chi connectivity index (χ1) is 14.2. The molecule has 2 aromatic carbocycles. The number of halogens is 1. The third kappa shape index (κ3) is 4.50. The van der Waals surface area contributed by atoms with Crippen molar-refractivity contribution in [3.63, 3.8) is 0 Å². The van der Waals surface area contributed by atoms with Gasteiger partial charge in [-0.1, -0.05) is 35.4 Å². The summed E-state index contributed by atoms with van der Waals surface area (Å²) in [5.41, 5.74) is 7.94. The Balaban J connectivity index is 1.94. The summed E-state index contributed by atoms with van der Waals surface area (Å²) in [5.74, 6) is -1.52. The van der Waals surface area contributed by atoms with E-state index in [-0.39, 0.29) is 28.1 Å². The number of thiocarbonyl (C=S) groups is 1. The third-order valence-electron chi connectivity index (χ3n) is 4.33. The van der Waals surface area contributed by atoms with Crippen molar-refractivity contribution >= 4 is 58.4 Å². The van der Waals surface area contributed by atoms with Gasteiger partial charge >= 0.3 is 0 Å². The Hall–Kier alpha value is -3.23. The molecule has 1 saturated heterocycles. The van der Waals surface area contributed by atoms with E-state index in [1.165, 1.54) is 23.1 Å². The maximum atomic E-state index is 13.1. The molecular weight excluding hydrogens is 426 g/mol. The molecule has 1 heterocycles. The van der Waals surface area contributed by atoms with Crippen LogP contribution in [0.1, 0.15) is 16.7 Å². The summed E-state index contributed by atoms with van der Waals surface area (Å²) in [6.45, 7) is 3.49. The molecule has 0 spiro atoms. The molecule has 3 amide bonds. The Morgan fingerprint density at radius 3 is 2.60 bits per heavy atom. The summed E-state index contributed by atoms with van der Waals surface area (Å²) >= 11 is 11.4. The van der Waals surface area contributed by atoms with Gasteiger partial charge < -0.3 is 10.5 Å². The van der Waals surface area contributed by atoms with Gasteiger partial charge in [0.15, 0.2) is 11.7 Å². The van der Waals surface area contributed by atoms with Crippen molar-refractivity contribution < 1.29 is 19.1 Å². The minimum Gasteiger partial charge on any atom is -0.482 e. The molecule has 1 fully saturated rings. The Labute approximate surface area is 183 Å². The highest BCUT2D eigenvalue weighted by Crippen LogP contribution is 2.29. The molecule has 3 rings (SSSR count). The molecule has 9 heteroatoms. The summed E-state index contributed by atoms with van der Waals surface area (Å²) in [4.78, 5) is 37.7. The number of hydrogen-bond acceptors (Lipinski definition) is 5. The van der Waals surface area contributed by atoms with E-state index in [1.54, 1.807) is 12.1 Å². The zero-order valence-electron chi connectivity index (χ0n) is 16.2. The number of nitrogens with two attached hydrogens (primary N) is 1. The fraction of sp³-hybridized carbons (Fsp3) is 0.143. The first kappa shape index (κ1) is 21.5. The molecule has 0 aliphatic carbocycles. The van der Waals surface area contributed by atoms with E-state index in [0.29, 0.717) is 11.3 Å². The molecular formula is C21H18ClN3O4S. The number of carbonyl (C=O) groups is 3. The Kier molecular flexibility index (Phi) is 6.19. The zero-order valence-corrected chi connectivity index (χ0v) is 17.8. The lowest BCUT2D eigenvalue weighted by atomic mass is 10.0. The standard InChI is InChI=1S/C21H18ClN3O4S/c1-11-3-5-16(12(2)7-11)25-20(28)14(19(27)24-21(25)30)8-13-4-6-17(15(22)9-13)29-10-18(23)26/h3-9H,10H2,1-2H3,(H2,23,26)(H,24,27,30). The van der Waals surface area contributed by atoms with Crippen LogP contribution in [0.15, 0.2) is 42.0 Å². The number of anilines is 1. The highest BCUT2D eigenvalue weighted by atomic mass is 35.5. The van der Waals surface area contributed by atoms with Crippen LogP contribution in [0.3, 0.4) is 0 Å². The van der Waals surface area contributed by atoms with Gasteiger partial charge in [0.2, 0.25) is 0 Å². The lowest BCUT2D eigenvalue weighted by molar-refractivity contribution is -0.122. The zero-order chi connectivity index (χ0) is 22.0. The van der Waals surface area contributed by atoms with Gasteiger partial charge in [0, 0.05) is 0 Å². The SMILES string of the molecule is Cc1ccc(N2C(=O)C(=Cc3ccc(OCC(N)=O)c(Cl)c3)C(=O)NC2=S)c(C)c1. The maximum absolute atomic E-state index is 13.1. The van der Waals surface area contributed by atoms with Crippen molar-refractivity contribution in [2.45, 2.75) is 13.8 Å². The topological polar surface area (TPSA) is 102 Å². The molecule has 7 nitrogen and oxygen atoms in total. The minimum absolute atomic E-state index is 0.0161. The van der Waals surface area contributed by atoms with Gasteiger partial charge in [-0.15, -0.1) is 0 Å². The molecule has 0 atom stereocenters. The number of benzene rings is 2. The van der Waals surface area contributed by atoms with Gasteiger partial charge in [-0.3, -0.25) is 24.6 Å². The fourth-order valence-electron chi connectivity index (χ4n) is 2.97. The summed E-state index contributed by atoms with van der Waals surface area (Å²) < 4.78 is 5.20. The molecule has 0 bridgehead atoms. The van der Waals surface area contributed by atoms with Crippen LogP contribution in [0.5, 0.6) is 5.75 Å². The molecule has 30 heavy (non-hydrogen) atoms. The van der Waals surface area contributed by atoms with E-state index in [4.69, 9.17) is 34.3 Å². The predicted molar refractivity (Wildman–Crippen MR) is 118 cm³/mol. The average molecular weight is 444 g/mol. The number of ether oxygens (including phenoxy) is 1. The van der Waals surface area contributed by atoms with Gasteiger partial charge in [-0.2, -0.15) is 0 Å². The number of carbonyl (C=O) groups excluding carboxylic acids is 3. The van der Waals surface area contributed by atoms with E-state index in [9.17, 15) is 14.4 Å². The third-order valence-corrected chi connectivity index (χ3v) is 4.91. The highest BCUT2D eigenvalue weighted by molar-refractivity contribution is 7.80. The van der Waals surface area contributed by atoms with Crippen LogP contribution in [0, 0.1) is 13.8 Å². The average Bonchev–Trinajstić information content (AvgIpc) is 2.66. The molecule has 1 aliphatic heterocycles. The molecule has 2 aromatic rings. The number of nitrogens with zero attached hydrogens (tertiary/aromatic N) is 1. The first-order valence-corrected chi connectivity index (χ1v) is 9.65. The molecule has 0 radical (unpaired) electrons. The second-order valence-corrected chi connectivity index (χ2v) is 7.49. The van der Waals surface area contributed by atoms with Crippen molar-refractivity contribution in [1.82, 2.24) is 5.32 Å². The van der Waals surface area contributed by atoms with Crippen molar-refractivity contribution in [2.24, 2.45) is 5.73 Å². The largest absolute Gasteiger partial charge is 0.482 e. The van der Waals surface area contributed by atoms with Crippen LogP contribution < -0.4 is 20.7 Å². The summed E-state index contributed by atoms with van der Waals surface area (Å²) in [5, 5.41) is 2.77. The maximum Gasteiger partial charge on any atom is 0.270 e. The second kappa shape index (κ2) is 8.64. The van der Waals surface area contributed by atoms with E-state index in [0.717, 1.165) is 11.1 Å². The van der Waals surface area contributed by atoms with Crippen molar-refractivity contribution in [2.75, 3.05) is 11.5 Å². The Morgan fingerprint density at radius 1 is 1.23 bits per heavy atom. The van der Waals surface area contributed by atoms with Crippen LogP contribution in [-0.4, -0.2) is 29.4 Å². The van der Waals surface area contributed by atoms with Crippen molar-refractivity contribution in [1.29, 1.82) is 0 Å². The number of aryl methyl sites for hydroxylation is 2. The molecule has 1 aliphatic rings. The van der Waals surface area contributed by atoms with Crippen molar-refractivity contribution in [3.8, 4) is 5.75 Å². The van der Waals surface area contributed by atoms with E-state index in [2.05, 4.69) is 5.32 Å². The van der Waals surface area contributed by atoms with Gasteiger partial charge in [0.05, 0.1) is 10.7 Å². The van der Waals surface area contributed by atoms with Crippen LogP contribution >= 0.6 is 23.8 Å². The van der Waals surface area contributed by atoms with Crippen LogP contribution in [0.2, 0.25) is 5.02 Å². The number of hydrogen-bond donors (Lipinski definition) is 2. The Morgan fingerprint density at radius 2 is 1.97 bits per heavy atom. The number of rotatable bonds is 5. The first-order valence-electron chi connectivity index (χ1n) is 8.86. The van der Waals surface area contributed by atoms with E-state index < -0.39 is 17.7 Å². The second-order valence-electron chi connectivity index (χ2n) is 6.69. The van der Waals surface area contributed by atoms with Gasteiger partial charge in [0.1, 0.15) is 11.3 Å². The number of primary amides is 1. The molecule has 0 saturated carbocycles. The lowest BCUT2D eigenvalue weighted by Crippen LogP contribution is -2.54. The Bertz CT molecular complexity index is 1110. The van der Waals surface area contributed by atoms with Gasteiger partial charge in [0.25, 0.3) is 17.7 Å². The summed E-state index contributed by atoms with van der Waals surface area (Å²) in [6.07, 6.45) is 1.42. The van der Waals surface area contributed by atoms with Crippen LogP contribution in [-0.2, 0) is 14.4 Å². The summed E-state index contributed by atoms with van der Waals surface area (Å²) in [6, 6.07) is 10.2. The fourth-order valence-corrected chi connectivity index (χ4v) is 3.49. The quantitative estimate of drug-likeness (QED) is 0.420. The lowest BCUT2D eigenvalue weighted by Gasteiger charge is -2.30. The molecule has 3 N–H and O–H groups in total. The predicted octanol–water partition coefficient (Wildman–Crippen LogP) is 2.65. The van der Waals surface area contributed by atoms with Crippen molar-refractivity contribution in [3.05, 3.63) is 63.7 Å². The molecule has 0 aromatic heterocycles.